The molecule has 0 bridgehead atoms. The summed E-state index contributed by atoms with van der Waals surface area (Å²) < 4.78 is 2.39. The summed E-state index contributed by atoms with van der Waals surface area (Å²) in [4.78, 5) is 0. The average molecular weight is 296 g/mol. The number of nitrogens with zero attached hydrogens (tertiary/aromatic N) is 1. The van der Waals surface area contributed by atoms with Crippen molar-refractivity contribution in [1.29, 1.82) is 0 Å². The fourth-order valence-electron chi connectivity index (χ4n) is 3.64. The molecule has 1 rings (SSSR count). The van der Waals surface area contributed by atoms with E-state index in [4.69, 9.17) is 0 Å². The van der Waals surface area contributed by atoms with Crippen molar-refractivity contribution in [2.45, 2.75) is 53.4 Å². The van der Waals surface area contributed by atoms with Gasteiger partial charge in [0.05, 0.1) is 0 Å². The third kappa shape index (κ3) is 3.71. The van der Waals surface area contributed by atoms with Gasteiger partial charge in [-0.1, -0.05) is 58.2 Å². The fraction of sp³-hybridized carbons (Fsp3) is 0.778. The second-order valence-corrected chi connectivity index (χ2v) is 7.95. The highest BCUT2D eigenvalue weighted by Gasteiger charge is 2.51. The van der Waals surface area contributed by atoms with Gasteiger partial charge >= 0.3 is 0 Å². The summed E-state index contributed by atoms with van der Waals surface area (Å²) >= 11 is 2.00. The molecule has 0 N–H and O–H groups in total. The molecule has 0 saturated heterocycles. The molecule has 1 nitrogen and oxygen atoms in total. The van der Waals surface area contributed by atoms with Gasteiger partial charge in [-0.05, 0) is 36.0 Å². The van der Waals surface area contributed by atoms with Gasteiger partial charge in [0.2, 0.25) is 0 Å². The molecular formula is C18H33NS. The minimum atomic E-state index is 0.448. The quantitative estimate of drug-likeness (QED) is 0.405. The van der Waals surface area contributed by atoms with Crippen LogP contribution in [-0.4, -0.2) is 23.1 Å². The molecule has 0 aliphatic heterocycles. The lowest BCUT2D eigenvalue weighted by molar-refractivity contribution is 0.0894. The Kier molecular flexibility index (Phi) is 6.87. The molecular weight excluding hydrogens is 262 g/mol. The molecule has 0 aromatic carbocycles. The molecule has 0 aromatic rings. The molecule has 0 heterocycles. The summed E-state index contributed by atoms with van der Waals surface area (Å²) in [6, 6.07) is 0. The first-order chi connectivity index (χ1) is 9.43. The lowest BCUT2D eigenvalue weighted by Crippen LogP contribution is -2.39. The van der Waals surface area contributed by atoms with Gasteiger partial charge in [0.15, 0.2) is 0 Å². The summed E-state index contributed by atoms with van der Waals surface area (Å²) in [6.45, 7) is 19.4. The van der Waals surface area contributed by atoms with E-state index < -0.39 is 0 Å². The molecule has 0 aromatic heterocycles. The average Bonchev–Trinajstić information content (AvgIpc) is 2.61. The van der Waals surface area contributed by atoms with Gasteiger partial charge in [0, 0.05) is 18.8 Å². The maximum atomic E-state index is 3.87. The van der Waals surface area contributed by atoms with Crippen molar-refractivity contribution in [2.24, 2.45) is 16.7 Å². The van der Waals surface area contributed by atoms with Crippen LogP contribution in [0.15, 0.2) is 25.3 Å². The van der Waals surface area contributed by atoms with E-state index in [2.05, 4.69) is 45.2 Å². The zero-order valence-electron chi connectivity index (χ0n) is 14.0. The van der Waals surface area contributed by atoms with Crippen molar-refractivity contribution in [1.82, 2.24) is 4.31 Å². The van der Waals surface area contributed by atoms with Gasteiger partial charge < -0.3 is 0 Å². The van der Waals surface area contributed by atoms with Crippen LogP contribution in [0.2, 0.25) is 0 Å². The summed E-state index contributed by atoms with van der Waals surface area (Å²) in [7, 11) is 0. The third-order valence-corrected chi connectivity index (χ3v) is 6.92. The molecule has 0 radical (unpaired) electrons. The van der Waals surface area contributed by atoms with E-state index in [-0.39, 0.29) is 0 Å². The molecule has 2 heteroatoms. The smallest absolute Gasteiger partial charge is 0.0271 e. The molecule has 1 saturated carbocycles. The monoisotopic (exact) mass is 295 g/mol. The molecule has 2 unspecified atom stereocenters. The van der Waals surface area contributed by atoms with Crippen LogP contribution >= 0.6 is 11.9 Å². The summed E-state index contributed by atoms with van der Waals surface area (Å²) in [6.07, 6.45) is 9.40. The Morgan fingerprint density at radius 3 is 2.25 bits per heavy atom. The van der Waals surface area contributed by atoms with Crippen LogP contribution in [0.25, 0.3) is 0 Å². The number of hydrogen-bond acceptors (Lipinski definition) is 2. The Morgan fingerprint density at radius 2 is 1.85 bits per heavy atom. The van der Waals surface area contributed by atoms with Gasteiger partial charge in [0.25, 0.3) is 0 Å². The van der Waals surface area contributed by atoms with Gasteiger partial charge in [-0.2, -0.15) is 0 Å². The minimum Gasteiger partial charge on any atom is -0.243 e. The van der Waals surface area contributed by atoms with Crippen molar-refractivity contribution in [3.05, 3.63) is 25.3 Å². The van der Waals surface area contributed by atoms with E-state index in [0.29, 0.717) is 10.8 Å². The first kappa shape index (κ1) is 17.8. The molecule has 1 aliphatic rings. The van der Waals surface area contributed by atoms with Crippen LogP contribution in [0.4, 0.5) is 0 Å². The maximum Gasteiger partial charge on any atom is 0.0271 e. The van der Waals surface area contributed by atoms with Gasteiger partial charge in [-0.15, -0.1) is 13.2 Å². The van der Waals surface area contributed by atoms with E-state index in [1.54, 1.807) is 0 Å². The minimum absolute atomic E-state index is 0.448. The maximum absolute atomic E-state index is 3.87. The van der Waals surface area contributed by atoms with E-state index in [9.17, 15) is 0 Å². The van der Waals surface area contributed by atoms with Crippen LogP contribution in [0.5, 0.6) is 0 Å². The Labute approximate surface area is 131 Å². The topological polar surface area (TPSA) is 3.24 Å². The summed E-state index contributed by atoms with van der Waals surface area (Å²) in [5.41, 5.74) is 0.941. The summed E-state index contributed by atoms with van der Waals surface area (Å²) in [5.74, 6) is 2.07. The largest absolute Gasteiger partial charge is 0.243 e. The lowest BCUT2D eigenvalue weighted by atomic mass is 9.64. The molecule has 0 amide bonds. The third-order valence-electron chi connectivity index (χ3n) is 5.57. The van der Waals surface area contributed by atoms with Crippen LogP contribution in [0.1, 0.15) is 53.4 Å². The number of rotatable bonds is 9. The lowest BCUT2D eigenvalue weighted by Gasteiger charge is -2.44. The highest BCUT2D eigenvalue weighted by molar-refractivity contribution is 7.97. The van der Waals surface area contributed by atoms with Gasteiger partial charge in [-0.25, -0.2) is 4.31 Å². The second kappa shape index (κ2) is 7.70. The molecule has 2 atom stereocenters. The van der Waals surface area contributed by atoms with Crippen molar-refractivity contribution in [2.75, 3.05) is 18.8 Å². The van der Waals surface area contributed by atoms with Crippen molar-refractivity contribution < 1.29 is 0 Å². The van der Waals surface area contributed by atoms with E-state index >= 15 is 0 Å². The Bertz CT molecular complexity index is 309. The van der Waals surface area contributed by atoms with Crippen LogP contribution < -0.4 is 0 Å². The molecule has 20 heavy (non-hydrogen) atoms. The Morgan fingerprint density at radius 1 is 1.25 bits per heavy atom. The highest BCUT2D eigenvalue weighted by Crippen LogP contribution is 2.59. The van der Waals surface area contributed by atoms with Crippen LogP contribution in [0.3, 0.4) is 0 Å². The molecule has 116 valence electrons. The first-order valence-electron chi connectivity index (χ1n) is 8.03. The van der Waals surface area contributed by atoms with Crippen LogP contribution in [0, 0.1) is 16.7 Å². The predicted octanol–water partition coefficient (Wildman–Crippen LogP) is 5.55. The van der Waals surface area contributed by atoms with Gasteiger partial charge in [-0.3, -0.25) is 0 Å². The van der Waals surface area contributed by atoms with Crippen molar-refractivity contribution in [3.8, 4) is 0 Å². The van der Waals surface area contributed by atoms with E-state index in [1.165, 1.54) is 31.4 Å². The molecule has 1 aliphatic carbocycles. The Balaban J connectivity index is 2.77. The number of hydrogen-bond donors (Lipinski definition) is 0. The van der Waals surface area contributed by atoms with Crippen LogP contribution in [-0.2, 0) is 0 Å². The standard InChI is InChI=1S/C18H33NS/c1-7-11-18(12-10-16(4)17(18,5)6)15-20-19(13-8-2)14-9-3/h8-9,16H,2-3,7,10-15H2,1,4-6H3. The fourth-order valence-corrected chi connectivity index (χ4v) is 5.15. The zero-order valence-corrected chi connectivity index (χ0v) is 14.8. The molecule has 0 spiro atoms. The van der Waals surface area contributed by atoms with Crippen molar-refractivity contribution in [3.63, 3.8) is 0 Å². The summed E-state index contributed by atoms with van der Waals surface area (Å²) in [5, 5.41) is 0. The predicted molar refractivity (Wildman–Crippen MR) is 93.9 cm³/mol. The zero-order chi connectivity index (χ0) is 15.2. The normalized spacial score (nSPS) is 28.8. The van der Waals surface area contributed by atoms with Gasteiger partial charge in [0.1, 0.15) is 0 Å². The van der Waals surface area contributed by atoms with Crippen molar-refractivity contribution >= 4 is 11.9 Å². The SMILES string of the molecule is C=CCN(CC=C)SCC1(CCC)CCC(C)C1(C)C. The Hall–Kier alpha value is -0.210. The highest BCUT2D eigenvalue weighted by atomic mass is 32.2. The molecule has 1 fully saturated rings. The van der Waals surface area contributed by atoms with E-state index in [1.807, 2.05) is 24.1 Å². The first-order valence-corrected chi connectivity index (χ1v) is 8.97. The van der Waals surface area contributed by atoms with E-state index in [0.717, 1.165) is 19.0 Å². The second-order valence-electron chi connectivity index (χ2n) is 6.89.